The smallest absolute Gasteiger partial charge is 0.329 e. The minimum Gasteiger partial charge on any atom is -0.454 e. The largest absolute Gasteiger partial charge is 0.454 e. The molecular formula is C20H25N3O4. The van der Waals surface area contributed by atoms with E-state index in [1.165, 1.54) is 6.92 Å². The summed E-state index contributed by atoms with van der Waals surface area (Å²) >= 11 is 0. The van der Waals surface area contributed by atoms with Crippen LogP contribution in [0.1, 0.15) is 38.2 Å². The van der Waals surface area contributed by atoms with Gasteiger partial charge in [-0.05, 0) is 24.5 Å². The number of hydrogen-bond donors (Lipinski definition) is 3. The fourth-order valence-electron chi connectivity index (χ4n) is 3.54. The standard InChI is InChI=1S/C20H25N3O4/c1-13(24)22-18(10-14-11-21-17-9-5-4-8-16(14)17)20(26)27-12-19(25)23-15-6-2-3-7-15/h4-5,8-9,11,15,18,21H,2-3,6-7,10,12H2,1H3,(H,22,24)(H,23,25)/t18-/m0/s1. The van der Waals surface area contributed by atoms with E-state index in [4.69, 9.17) is 4.74 Å². The number of ether oxygens (including phenoxy) is 1. The molecule has 3 N–H and O–H groups in total. The predicted molar refractivity (Wildman–Crippen MR) is 101 cm³/mol. The van der Waals surface area contributed by atoms with E-state index in [9.17, 15) is 14.4 Å². The maximum atomic E-state index is 12.5. The molecule has 1 atom stereocenters. The molecule has 1 heterocycles. The summed E-state index contributed by atoms with van der Waals surface area (Å²) in [5.74, 6) is -1.24. The van der Waals surface area contributed by atoms with Crippen LogP contribution in [-0.4, -0.2) is 41.5 Å². The van der Waals surface area contributed by atoms with E-state index < -0.39 is 12.0 Å². The third kappa shape index (κ3) is 5.09. The van der Waals surface area contributed by atoms with Crippen LogP contribution in [0, 0.1) is 0 Å². The number of fused-ring (bicyclic) bond motifs is 1. The lowest BCUT2D eigenvalue weighted by Gasteiger charge is -2.17. The zero-order valence-corrected chi connectivity index (χ0v) is 15.4. The Morgan fingerprint density at radius 2 is 1.96 bits per heavy atom. The Hall–Kier alpha value is -2.83. The normalized spacial score (nSPS) is 15.4. The first-order chi connectivity index (χ1) is 13.0. The van der Waals surface area contributed by atoms with Gasteiger partial charge in [0.05, 0.1) is 0 Å². The number of para-hydroxylation sites is 1. The summed E-state index contributed by atoms with van der Waals surface area (Å²) in [5.41, 5.74) is 1.86. The maximum absolute atomic E-state index is 12.5. The van der Waals surface area contributed by atoms with E-state index in [0.717, 1.165) is 42.1 Å². The van der Waals surface area contributed by atoms with E-state index in [2.05, 4.69) is 15.6 Å². The summed E-state index contributed by atoms with van der Waals surface area (Å²) in [6.07, 6.45) is 6.26. The van der Waals surface area contributed by atoms with Crippen molar-refractivity contribution in [3.63, 3.8) is 0 Å². The molecule has 1 saturated carbocycles. The van der Waals surface area contributed by atoms with Crippen LogP contribution in [0.15, 0.2) is 30.5 Å². The average Bonchev–Trinajstić information content (AvgIpc) is 3.29. The maximum Gasteiger partial charge on any atom is 0.329 e. The van der Waals surface area contributed by atoms with Crippen molar-refractivity contribution in [2.24, 2.45) is 0 Å². The van der Waals surface area contributed by atoms with Crippen LogP contribution in [0.25, 0.3) is 10.9 Å². The highest BCUT2D eigenvalue weighted by molar-refractivity contribution is 5.88. The molecule has 0 unspecified atom stereocenters. The minimum absolute atomic E-state index is 0.175. The van der Waals surface area contributed by atoms with Crippen LogP contribution in [0.4, 0.5) is 0 Å². The molecule has 0 aliphatic heterocycles. The molecule has 1 aromatic heterocycles. The van der Waals surface area contributed by atoms with Gasteiger partial charge in [0, 0.05) is 36.5 Å². The molecule has 1 aromatic carbocycles. The number of carbonyl (C=O) groups is 3. The molecule has 27 heavy (non-hydrogen) atoms. The number of carbonyl (C=O) groups excluding carboxylic acids is 3. The Morgan fingerprint density at radius 1 is 1.22 bits per heavy atom. The van der Waals surface area contributed by atoms with Crippen molar-refractivity contribution in [3.8, 4) is 0 Å². The number of aromatic nitrogens is 1. The monoisotopic (exact) mass is 371 g/mol. The van der Waals surface area contributed by atoms with Gasteiger partial charge in [0.1, 0.15) is 6.04 Å². The highest BCUT2D eigenvalue weighted by atomic mass is 16.5. The summed E-state index contributed by atoms with van der Waals surface area (Å²) < 4.78 is 5.16. The number of hydrogen-bond acceptors (Lipinski definition) is 4. The lowest BCUT2D eigenvalue weighted by Crippen LogP contribution is -2.44. The molecular weight excluding hydrogens is 346 g/mol. The van der Waals surface area contributed by atoms with E-state index in [1.807, 2.05) is 30.5 Å². The van der Waals surface area contributed by atoms with Crippen LogP contribution in [0.5, 0.6) is 0 Å². The van der Waals surface area contributed by atoms with Gasteiger partial charge in [-0.15, -0.1) is 0 Å². The number of rotatable bonds is 7. The minimum atomic E-state index is -0.846. The molecule has 7 nitrogen and oxygen atoms in total. The van der Waals surface area contributed by atoms with Crippen LogP contribution >= 0.6 is 0 Å². The molecule has 2 amide bonds. The zero-order chi connectivity index (χ0) is 19.2. The van der Waals surface area contributed by atoms with E-state index >= 15 is 0 Å². The second-order valence-corrected chi connectivity index (χ2v) is 6.97. The number of nitrogens with one attached hydrogen (secondary N) is 3. The number of esters is 1. The average molecular weight is 371 g/mol. The van der Waals surface area contributed by atoms with Crippen molar-refractivity contribution in [3.05, 3.63) is 36.0 Å². The van der Waals surface area contributed by atoms with E-state index in [0.29, 0.717) is 0 Å². The number of H-pyrrole nitrogens is 1. The molecule has 3 rings (SSSR count). The number of benzene rings is 1. The summed E-state index contributed by atoms with van der Waals surface area (Å²) in [6.45, 7) is 1.02. The van der Waals surface area contributed by atoms with Gasteiger partial charge < -0.3 is 20.4 Å². The van der Waals surface area contributed by atoms with Gasteiger partial charge in [0.2, 0.25) is 5.91 Å². The van der Waals surface area contributed by atoms with Gasteiger partial charge in [0.25, 0.3) is 5.91 Å². The van der Waals surface area contributed by atoms with Crippen molar-refractivity contribution in [2.75, 3.05) is 6.61 Å². The Bertz CT molecular complexity index is 823. The molecule has 2 aromatic rings. The lowest BCUT2D eigenvalue weighted by atomic mass is 10.0. The highest BCUT2D eigenvalue weighted by Crippen LogP contribution is 2.20. The van der Waals surface area contributed by atoms with Crippen molar-refractivity contribution < 1.29 is 19.1 Å². The fourth-order valence-corrected chi connectivity index (χ4v) is 3.54. The van der Waals surface area contributed by atoms with Gasteiger partial charge in [0.15, 0.2) is 6.61 Å². The Labute approximate surface area is 157 Å². The Balaban J connectivity index is 1.60. The molecule has 1 fully saturated rings. The summed E-state index contributed by atoms with van der Waals surface area (Å²) in [7, 11) is 0. The van der Waals surface area contributed by atoms with Gasteiger partial charge >= 0.3 is 5.97 Å². The second kappa shape index (κ2) is 8.70. The van der Waals surface area contributed by atoms with E-state index in [-0.39, 0.29) is 30.9 Å². The molecule has 144 valence electrons. The third-order valence-electron chi connectivity index (χ3n) is 4.83. The lowest BCUT2D eigenvalue weighted by molar-refractivity contribution is -0.151. The summed E-state index contributed by atoms with van der Waals surface area (Å²) in [6, 6.07) is 7.06. The van der Waals surface area contributed by atoms with Crippen molar-refractivity contribution >= 4 is 28.7 Å². The molecule has 0 saturated heterocycles. The van der Waals surface area contributed by atoms with Gasteiger partial charge in [-0.3, -0.25) is 9.59 Å². The van der Waals surface area contributed by atoms with Crippen LogP contribution in [-0.2, 0) is 25.5 Å². The zero-order valence-electron chi connectivity index (χ0n) is 15.4. The molecule has 1 aliphatic carbocycles. The van der Waals surface area contributed by atoms with Crippen LogP contribution in [0.2, 0.25) is 0 Å². The van der Waals surface area contributed by atoms with Gasteiger partial charge in [-0.2, -0.15) is 0 Å². The number of aromatic amines is 1. The van der Waals surface area contributed by atoms with Crippen molar-refractivity contribution in [2.45, 2.75) is 51.1 Å². The first-order valence-electron chi connectivity index (χ1n) is 9.31. The molecule has 0 radical (unpaired) electrons. The highest BCUT2D eigenvalue weighted by Gasteiger charge is 2.24. The number of amides is 2. The molecule has 7 heteroatoms. The van der Waals surface area contributed by atoms with Crippen molar-refractivity contribution in [1.82, 2.24) is 15.6 Å². The van der Waals surface area contributed by atoms with Crippen molar-refractivity contribution in [1.29, 1.82) is 0 Å². The summed E-state index contributed by atoms with van der Waals surface area (Å²) in [4.78, 5) is 39.1. The predicted octanol–water partition coefficient (Wildman–Crippen LogP) is 1.82. The van der Waals surface area contributed by atoms with Gasteiger partial charge in [-0.1, -0.05) is 31.0 Å². The van der Waals surface area contributed by atoms with Crippen LogP contribution < -0.4 is 10.6 Å². The Morgan fingerprint density at radius 3 is 2.70 bits per heavy atom. The second-order valence-electron chi connectivity index (χ2n) is 6.97. The van der Waals surface area contributed by atoms with Crippen LogP contribution in [0.3, 0.4) is 0 Å². The third-order valence-corrected chi connectivity index (χ3v) is 4.83. The quantitative estimate of drug-likeness (QED) is 0.646. The SMILES string of the molecule is CC(=O)N[C@@H](Cc1c[nH]c2ccccc12)C(=O)OCC(=O)NC1CCCC1. The summed E-state index contributed by atoms with van der Waals surface area (Å²) in [5, 5.41) is 6.48. The molecule has 0 spiro atoms. The topological polar surface area (TPSA) is 100 Å². The van der Waals surface area contributed by atoms with E-state index in [1.54, 1.807) is 0 Å². The van der Waals surface area contributed by atoms with Gasteiger partial charge in [-0.25, -0.2) is 4.79 Å². The first kappa shape index (κ1) is 18.9. The Kier molecular flexibility index (Phi) is 6.11. The first-order valence-corrected chi connectivity index (χ1v) is 9.31. The molecule has 1 aliphatic rings. The fraction of sp³-hybridized carbons (Fsp3) is 0.450. The molecule has 0 bridgehead atoms.